The van der Waals surface area contributed by atoms with Crippen molar-refractivity contribution >= 4 is 5.69 Å². The summed E-state index contributed by atoms with van der Waals surface area (Å²) in [6.07, 6.45) is 0.945. The third-order valence-corrected chi connectivity index (χ3v) is 4.78. The first-order valence-corrected chi connectivity index (χ1v) is 8.38. The molecule has 1 aliphatic heterocycles. The zero-order valence-electron chi connectivity index (χ0n) is 14.9. The number of piperazine rings is 1. The van der Waals surface area contributed by atoms with Gasteiger partial charge in [0.05, 0.1) is 30.8 Å². The van der Waals surface area contributed by atoms with Crippen molar-refractivity contribution in [1.82, 2.24) is 10.2 Å². The second-order valence-electron chi connectivity index (χ2n) is 6.14. The van der Waals surface area contributed by atoms with Crippen LogP contribution in [0.5, 0.6) is 11.5 Å². The highest BCUT2D eigenvalue weighted by Crippen LogP contribution is 2.42. The average Bonchev–Trinajstić information content (AvgIpc) is 2.61. The van der Waals surface area contributed by atoms with Crippen LogP contribution in [0.25, 0.3) is 0 Å². The molecule has 0 aliphatic carbocycles. The highest BCUT2D eigenvalue weighted by molar-refractivity contribution is 5.55. The first-order chi connectivity index (χ1) is 11.5. The summed E-state index contributed by atoms with van der Waals surface area (Å²) in [5.74, 6) is 1.21. The predicted octanol–water partition coefficient (Wildman–Crippen LogP) is 2.60. The quantitative estimate of drug-likeness (QED) is 0.609. The number of nitro groups is 1. The summed E-state index contributed by atoms with van der Waals surface area (Å²) in [5.41, 5.74) is 0.797. The fourth-order valence-electron chi connectivity index (χ4n) is 3.33. The zero-order valence-corrected chi connectivity index (χ0v) is 14.9. The highest BCUT2D eigenvalue weighted by Gasteiger charge is 2.33. The van der Waals surface area contributed by atoms with E-state index in [0.29, 0.717) is 23.0 Å². The van der Waals surface area contributed by atoms with E-state index in [9.17, 15) is 10.1 Å². The van der Waals surface area contributed by atoms with Crippen LogP contribution in [0.1, 0.15) is 31.9 Å². The summed E-state index contributed by atoms with van der Waals surface area (Å²) in [6.45, 7) is 7.81. The summed E-state index contributed by atoms with van der Waals surface area (Å²) in [5, 5.41) is 15.0. The lowest BCUT2D eigenvalue weighted by atomic mass is 9.89. The van der Waals surface area contributed by atoms with E-state index >= 15 is 0 Å². The molecule has 24 heavy (non-hydrogen) atoms. The van der Waals surface area contributed by atoms with Crippen molar-refractivity contribution in [3.63, 3.8) is 0 Å². The van der Waals surface area contributed by atoms with Crippen LogP contribution < -0.4 is 14.8 Å². The van der Waals surface area contributed by atoms with Crippen LogP contribution in [0.15, 0.2) is 12.1 Å². The lowest BCUT2D eigenvalue weighted by Gasteiger charge is -2.38. The molecule has 1 N–H and O–H groups in total. The number of benzene rings is 1. The van der Waals surface area contributed by atoms with Crippen molar-refractivity contribution in [3.8, 4) is 11.5 Å². The molecule has 0 bridgehead atoms. The van der Waals surface area contributed by atoms with Gasteiger partial charge in [-0.1, -0.05) is 20.3 Å². The van der Waals surface area contributed by atoms with E-state index in [1.807, 2.05) is 0 Å². The fourth-order valence-corrected chi connectivity index (χ4v) is 3.33. The van der Waals surface area contributed by atoms with Gasteiger partial charge in [0.2, 0.25) is 0 Å². The third-order valence-electron chi connectivity index (χ3n) is 4.78. The number of nitro benzene ring substituents is 1. The van der Waals surface area contributed by atoms with Crippen molar-refractivity contribution in [2.75, 3.05) is 40.4 Å². The highest BCUT2D eigenvalue weighted by atomic mass is 16.6. The van der Waals surface area contributed by atoms with Crippen molar-refractivity contribution in [1.29, 1.82) is 0 Å². The molecule has 2 atom stereocenters. The molecular weight excluding hydrogens is 310 g/mol. The summed E-state index contributed by atoms with van der Waals surface area (Å²) in [7, 11) is 3.04. The zero-order chi connectivity index (χ0) is 17.7. The second kappa shape index (κ2) is 8.30. The van der Waals surface area contributed by atoms with Crippen LogP contribution in [-0.2, 0) is 0 Å². The minimum Gasteiger partial charge on any atom is -0.493 e. The fraction of sp³-hybridized carbons (Fsp3) is 0.647. The Bertz CT molecular complexity index is 573. The van der Waals surface area contributed by atoms with Crippen LogP contribution in [0, 0.1) is 16.0 Å². The Labute approximate surface area is 143 Å². The normalized spacial score (nSPS) is 18.0. The van der Waals surface area contributed by atoms with Gasteiger partial charge < -0.3 is 14.8 Å². The van der Waals surface area contributed by atoms with Gasteiger partial charge in [-0.25, -0.2) is 0 Å². The van der Waals surface area contributed by atoms with Crippen molar-refractivity contribution in [2.24, 2.45) is 5.92 Å². The van der Waals surface area contributed by atoms with E-state index in [1.54, 1.807) is 13.2 Å². The van der Waals surface area contributed by atoms with Crippen LogP contribution in [-0.4, -0.2) is 50.2 Å². The topological polar surface area (TPSA) is 76.9 Å². The van der Waals surface area contributed by atoms with Crippen molar-refractivity contribution in [3.05, 3.63) is 27.8 Å². The molecule has 0 aromatic heterocycles. The van der Waals surface area contributed by atoms with E-state index < -0.39 is 0 Å². The van der Waals surface area contributed by atoms with Gasteiger partial charge >= 0.3 is 0 Å². The van der Waals surface area contributed by atoms with Gasteiger partial charge in [-0.2, -0.15) is 0 Å². The van der Waals surface area contributed by atoms with Crippen LogP contribution in [0.4, 0.5) is 5.69 Å². The number of rotatable bonds is 7. The van der Waals surface area contributed by atoms with Gasteiger partial charge in [-0.05, 0) is 12.0 Å². The minimum absolute atomic E-state index is 0.0164. The molecule has 1 saturated heterocycles. The molecule has 2 rings (SSSR count). The number of ether oxygens (including phenoxy) is 2. The van der Waals surface area contributed by atoms with Crippen molar-refractivity contribution in [2.45, 2.75) is 26.3 Å². The Kier molecular flexibility index (Phi) is 6.39. The van der Waals surface area contributed by atoms with E-state index in [-0.39, 0.29) is 16.7 Å². The van der Waals surface area contributed by atoms with E-state index in [2.05, 4.69) is 24.1 Å². The Morgan fingerprint density at radius 1 is 1.25 bits per heavy atom. The monoisotopic (exact) mass is 337 g/mol. The maximum atomic E-state index is 11.7. The number of hydrogen-bond acceptors (Lipinski definition) is 6. The van der Waals surface area contributed by atoms with Gasteiger partial charge in [-0.15, -0.1) is 0 Å². The largest absolute Gasteiger partial charge is 0.493 e. The molecule has 1 aliphatic rings. The van der Waals surface area contributed by atoms with E-state index in [1.165, 1.54) is 13.2 Å². The minimum atomic E-state index is -0.325. The molecule has 0 spiro atoms. The Balaban J connectivity index is 2.55. The van der Waals surface area contributed by atoms with Gasteiger partial charge in [0.15, 0.2) is 11.5 Å². The number of nitrogens with zero attached hydrogens (tertiary/aromatic N) is 2. The summed E-state index contributed by atoms with van der Waals surface area (Å²) >= 11 is 0. The van der Waals surface area contributed by atoms with Gasteiger partial charge in [0.25, 0.3) is 5.69 Å². The first-order valence-electron chi connectivity index (χ1n) is 8.38. The molecule has 1 unspecified atom stereocenters. The number of methoxy groups -OCH3 is 2. The maximum Gasteiger partial charge on any atom is 0.278 e. The number of nitrogens with one attached hydrogen (secondary N) is 1. The van der Waals surface area contributed by atoms with Crippen LogP contribution >= 0.6 is 0 Å². The van der Waals surface area contributed by atoms with E-state index in [0.717, 1.165) is 32.6 Å². The summed E-state index contributed by atoms with van der Waals surface area (Å²) in [4.78, 5) is 13.7. The standard InChI is InChI=1S/C17H27N3O4/c1-5-12(2)17(19-8-6-18-7-9-19)13-10-15(23-3)16(24-4)11-14(13)20(21)22/h10-12,17-18H,5-9H2,1-4H3/t12?,17-/m1/s1. The molecule has 0 saturated carbocycles. The molecule has 1 aromatic carbocycles. The second-order valence-corrected chi connectivity index (χ2v) is 6.14. The van der Waals surface area contributed by atoms with Gasteiger partial charge in [0, 0.05) is 32.2 Å². The molecule has 1 aromatic rings. The molecule has 7 heteroatoms. The number of hydrogen-bond donors (Lipinski definition) is 1. The predicted molar refractivity (Wildman–Crippen MR) is 92.8 cm³/mol. The molecular formula is C17H27N3O4. The Morgan fingerprint density at radius 2 is 1.83 bits per heavy atom. The Hall–Kier alpha value is -1.86. The summed E-state index contributed by atoms with van der Waals surface area (Å²) in [6, 6.07) is 3.24. The Morgan fingerprint density at radius 3 is 2.33 bits per heavy atom. The summed E-state index contributed by atoms with van der Waals surface area (Å²) < 4.78 is 10.6. The third kappa shape index (κ3) is 3.79. The van der Waals surface area contributed by atoms with Gasteiger partial charge in [0.1, 0.15) is 0 Å². The molecule has 134 valence electrons. The smallest absolute Gasteiger partial charge is 0.278 e. The molecule has 0 amide bonds. The SMILES string of the molecule is CCC(C)[C@H](c1cc(OC)c(OC)cc1[N+](=O)[O-])N1CCNCC1. The van der Waals surface area contributed by atoms with E-state index in [4.69, 9.17) is 9.47 Å². The average molecular weight is 337 g/mol. The molecule has 7 nitrogen and oxygen atoms in total. The van der Waals surface area contributed by atoms with Gasteiger partial charge in [-0.3, -0.25) is 15.0 Å². The molecule has 1 heterocycles. The molecule has 0 radical (unpaired) electrons. The maximum absolute atomic E-state index is 11.7. The lowest BCUT2D eigenvalue weighted by molar-refractivity contribution is -0.386. The van der Waals surface area contributed by atoms with Crippen LogP contribution in [0.2, 0.25) is 0 Å². The van der Waals surface area contributed by atoms with Crippen molar-refractivity contribution < 1.29 is 14.4 Å². The van der Waals surface area contributed by atoms with Crippen LogP contribution in [0.3, 0.4) is 0 Å². The molecule has 1 fully saturated rings. The first kappa shape index (κ1) is 18.5. The lowest BCUT2D eigenvalue weighted by Crippen LogP contribution is -2.46.